The van der Waals surface area contributed by atoms with E-state index in [9.17, 15) is 0 Å². The lowest BCUT2D eigenvalue weighted by molar-refractivity contribution is -0.0848. The van der Waals surface area contributed by atoms with E-state index < -0.39 is 0 Å². The van der Waals surface area contributed by atoms with Gasteiger partial charge in [-0.3, -0.25) is 0 Å². The molecule has 1 saturated carbocycles. The molecule has 0 unspecified atom stereocenters. The number of nitrogens with one attached hydrogen (secondary N) is 1. The van der Waals surface area contributed by atoms with Crippen LogP contribution in [0.4, 0.5) is 5.82 Å². The molecule has 0 radical (unpaired) electrons. The predicted octanol–water partition coefficient (Wildman–Crippen LogP) is 2.84. The topological polar surface area (TPSA) is 56.3 Å². The Morgan fingerprint density at radius 3 is 2.53 bits per heavy atom. The second-order valence-corrected chi connectivity index (χ2v) is 5.46. The van der Waals surface area contributed by atoms with Gasteiger partial charge in [0.2, 0.25) is 0 Å². The van der Waals surface area contributed by atoms with Crippen LogP contribution in [0.15, 0.2) is 4.47 Å². The first-order valence-electron chi connectivity index (χ1n) is 6.51. The van der Waals surface area contributed by atoms with Crippen LogP contribution in [0.1, 0.15) is 37.7 Å². The summed E-state index contributed by atoms with van der Waals surface area (Å²) in [5.41, 5.74) is 0.541. The molecule has 2 rings (SSSR count). The summed E-state index contributed by atoms with van der Waals surface area (Å²) >= 11 is 3.54. The number of halogens is 1. The lowest BCUT2D eigenvalue weighted by atomic mass is 9.79. The number of ether oxygens (including phenoxy) is 2. The van der Waals surface area contributed by atoms with Gasteiger partial charge in [0, 0.05) is 20.8 Å². The van der Waals surface area contributed by atoms with Crippen molar-refractivity contribution in [2.45, 2.75) is 38.4 Å². The molecule has 1 aliphatic carbocycles. The SMILES string of the molecule is CCNc1nc(C2(OC)CCC2)nc(COC)c1Br. The van der Waals surface area contributed by atoms with Gasteiger partial charge < -0.3 is 14.8 Å². The summed E-state index contributed by atoms with van der Waals surface area (Å²) in [6.45, 7) is 3.30. The second-order valence-electron chi connectivity index (χ2n) is 4.67. The normalized spacial score (nSPS) is 17.1. The van der Waals surface area contributed by atoms with Crippen molar-refractivity contribution in [1.82, 2.24) is 9.97 Å². The first kappa shape index (κ1) is 14.7. The van der Waals surface area contributed by atoms with Crippen LogP contribution in [0.2, 0.25) is 0 Å². The average Bonchev–Trinajstić information content (AvgIpc) is 2.34. The quantitative estimate of drug-likeness (QED) is 0.869. The first-order valence-corrected chi connectivity index (χ1v) is 7.31. The van der Waals surface area contributed by atoms with Gasteiger partial charge in [-0.2, -0.15) is 0 Å². The van der Waals surface area contributed by atoms with E-state index in [0.29, 0.717) is 6.61 Å². The number of methoxy groups -OCH3 is 2. The minimum absolute atomic E-state index is 0.312. The molecule has 5 nitrogen and oxygen atoms in total. The fourth-order valence-electron chi connectivity index (χ4n) is 2.23. The van der Waals surface area contributed by atoms with E-state index >= 15 is 0 Å². The second kappa shape index (κ2) is 6.15. The van der Waals surface area contributed by atoms with Gasteiger partial charge in [-0.25, -0.2) is 9.97 Å². The monoisotopic (exact) mass is 329 g/mol. The van der Waals surface area contributed by atoms with Gasteiger partial charge in [-0.15, -0.1) is 0 Å². The number of hydrogen-bond acceptors (Lipinski definition) is 5. The smallest absolute Gasteiger partial charge is 0.163 e. The fraction of sp³-hybridized carbons (Fsp3) is 0.692. The lowest BCUT2D eigenvalue weighted by Gasteiger charge is -2.39. The Kier molecular flexibility index (Phi) is 4.76. The van der Waals surface area contributed by atoms with Crippen LogP contribution in [0.25, 0.3) is 0 Å². The van der Waals surface area contributed by atoms with Crippen molar-refractivity contribution in [2.24, 2.45) is 0 Å². The molecule has 0 aromatic carbocycles. The summed E-state index contributed by atoms with van der Waals surface area (Å²) in [5, 5.41) is 3.25. The van der Waals surface area contributed by atoms with Gasteiger partial charge in [0.05, 0.1) is 16.8 Å². The zero-order valence-corrected chi connectivity index (χ0v) is 13.2. The molecule has 0 bridgehead atoms. The number of aromatic nitrogens is 2. The van der Waals surface area contributed by atoms with Crippen molar-refractivity contribution < 1.29 is 9.47 Å². The zero-order chi connectivity index (χ0) is 13.9. The van der Waals surface area contributed by atoms with E-state index in [2.05, 4.69) is 31.2 Å². The zero-order valence-electron chi connectivity index (χ0n) is 11.6. The van der Waals surface area contributed by atoms with Crippen LogP contribution in [-0.2, 0) is 21.7 Å². The van der Waals surface area contributed by atoms with Crippen LogP contribution < -0.4 is 5.32 Å². The summed E-state index contributed by atoms with van der Waals surface area (Å²) in [7, 11) is 3.39. The Labute approximate surface area is 122 Å². The maximum atomic E-state index is 5.66. The van der Waals surface area contributed by atoms with E-state index in [1.54, 1.807) is 14.2 Å². The van der Waals surface area contributed by atoms with Crippen molar-refractivity contribution in [3.63, 3.8) is 0 Å². The Bertz CT molecular complexity index is 417. The van der Waals surface area contributed by atoms with Crippen molar-refractivity contribution in [3.05, 3.63) is 16.0 Å². The Morgan fingerprint density at radius 1 is 1.32 bits per heavy atom. The Morgan fingerprint density at radius 2 is 2.05 bits per heavy atom. The largest absolute Gasteiger partial charge is 0.378 e. The van der Waals surface area contributed by atoms with E-state index in [1.165, 1.54) is 0 Å². The molecule has 1 fully saturated rings. The molecule has 0 atom stereocenters. The first-order chi connectivity index (χ1) is 9.16. The standard InChI is InChI=1S/C13H20BrN3O2/c1-4-15-11-10(14)9(8-18-2)16-12(17-11)13(19-3)6-5-7-13/h4-8H2,1-3H3,(H,15,16,17). The maximum Gasteiger partial charge on any atom is 0.163 e. The summed E-state index contributed by atoms with van der Waals surface area (Å²) in [6.07, 6.45) is 3.11. The van der Waals surface area contributed by atoms with E-state index in [4.69, 9.17) is 9.47 Å². The number of nitrogens with zero attached hydrogens (tertiary/aromatic N) is 2. The number of anilines is 1. The van der Waals surface area contributed by atoms with Crippen LogP contribution in [-0.4, -0.2) is 30.7 Å². The van der Waals surface area contributed by atoms with Gasteiger partial charge in [0.1, 0.15) is 11.4 Å². The van der Waals surface area contributed by atoms with Crippen LogP contribution in [0, 0.1) is 0 Å². The molecular formula is C13H20BrN3O2. The summed E-state index contributed by atoms with van der Waals surface area (Å²) in [4.78, 5) is 9.24. The highest BCUT2D eigenvalue weighted by atomic mass is 79.9. The molecule has 106 valence electrons. The van der Waals surface area contributed by atoms with Gasteiger partial charge >= 0.3 is 0 Å². The van der Waals surface area contributed by atoms with E-state index in [1.807, 2.05) is 6.92 Å². The average molecular weight is 330 g/mol. The third kappa shape index (κ3) is 2.75. The molecule has 0 amide bonds. The van der Waals surface area contributed by atoms with E-state index in [0.717, 1.165) is 47.6 Å². The summed E-state index contributed by atoms with van der Waals surface area (Å²) < 4.78 is 11.7. The molecule has 1 N–H and O–H groups in total. The predicted molar refractivity (Wildman–Crippen MR) is 77.1 cm³/mol. The molecule has 6 heteroatoms. The molecule has 0 aliphatic heterocycles. The maximum absolute atomic E-state index is 5.66. The van der Waals surface area contributed by atoms with Gasteiger partial charge in [-0.05, 0) is 42.1 Å². The van der Waals surface area contributed by atoms with Crippen LogP contribution in [0.3, 0.4) is 0 Å². The Hall–Kier alpha value is -0.720. The minimum atomic E-state index is -0.312. The van der Waals surface area contributed by atoms with Gasteiger partial charge in [0.25, 0.3) is 0 Å². The molecule has 0 spiro atoms. The third-order valence-corrected chi connectivity index (χ3v) is 4.34. The molecule has 0 saturated heterocycles. The van der Waals surface area contributed by atoms with Gasteiger partial charge in [0.15, 0.2) is 5.82 Å². The Balaban J connectivity index is 2.43. The highest BCUT2D eigenvalue weighted by Crippen LogP contribution is 2.43. The highest BCUT2D eigenvalue weighted by Gasteiger charge is 2.42. The third-order valence-electron chi connectivity index (χ3n) is 3.50. The minimum Gasteiger partial charge on any atom is -0.378 e. The van der Waals surface area contributed by atoms with Crippen LogP contribution in [0.5, 0.6) is 0 Å². The summed E-state index contributed by atoms with van der Waals surface area (Å²) in [6, 6.07) is 0. The molecule has 19 heavy (non-hydrogen) atoms. The van der Waals surface area contributed by atoms with Gasteiger partial charge in [-0.1, -0.05) is 0 Å². The summed E-state index contributed by atoms with van der Waals surface area (Å²) in [5.74, 6) is 1.57. The van der Waals surface area contributed by atoms with Crippen molar-refractivity contribution in [2.75, 3.05) is 26.1 Å². The highest BCUT2D eigenvalue weighted by molar-refractivity contribution is 9.10. The molecular weight excluding hydrogens is 310 g/mol. The molecule has 1 aromatic heterocycles. The van der Waals surface area contributed by atoms with E-state index in [-0.39, 0.29) is 5.60 Å². The molecule has 1 heterocycles. The van der Waals surface area contributed by atoms with Crippen LogP contribution >= 0.6 is 15.9 Å². The molecule has 1 aliphatic rings. The van der Waals surface area contributed by atoms with Crippen molar-refractivity contribution in [3.8, 4) is 0 Å². The van der Waals surface area contributed by atoms with Crippen molar-refractivity contribution >= 4 is 21.7 Å². The molecule has 1 aromatic rings. The fourth-order valence-corrected chi connectivity index (χ4v) is 2.66. The lowest BCUT2D eigenvalue weighted by Crippen LogP contribution is -2.38. The number of rotatable bonds is 6. The number of hydrogen-bond donors (Lipinski definition) is 1. The van der Waals surface area contributed by atoms with Crippen molar-refractivity contribution in [1.29, 1.82) is 0 Å².